The van der Waals surface area contributed by atoms with Crippen molar-refractivity contribution in [2.75, 3.05) is 7.11 Å². The number of benzene rings is 1. The highest BCUT2D eigenvalue weighted by Gasteiger charge is 2.08. The molecule has 0 saturated carbocycles. The Morgan fingerprint density at radius 2 is 1.64 bits per heavy atom. The number of aryl methyl sites for hydroxylation is 1. The first kappa shape index (κ1) is 7.98. The molecular weight excluding hydrogens is 150 g/mol. The lowest BCUT2D eigenvalue weighted by Crippen LogP contribution is -1.92. The second kappa shape index (κ2) is 2.86. The Hall–Kier alpha value is -1.12. The second-order valence-corrected chi connectivity index (χ2v) is 2.26. The number of methoxy groups -OCH3 is 1. The van der Waals surface area contributed by atoms with Crippen LogP contribution in [0.25, 0.3) is 0 Å². The third-order valence-electron chi connectivity index (χ3n) is 1.35. The van der Waals surface area contributed by atoms with Gasteiger partial charge in [-0.1, -0.05) is 0 Å². The summed E-state index contributed by atoms with van der Waals surface area (Å²) in [5.41, 5.74) is 0.542. The van der Waals surface area contributed by atoms with Crippen molar-refractivity contribution in [3.05, 3.63) is 29.3 Å². The molecule has 0 bridgehead atoms. The van der Waals surface area contributed by atoms with E-state index in [4.69, 9.17) is 0 Å². The van der Waals surface area contributed by atoms with E-state index < -0.39 is 11.6 Å². The SMILES string of the molecule is COc1c(F)cc(C)cc1F. The van der Waals surface area contributed by atoms with Crippen LogP contribution in [0.4, 0.5) is 8.78 Å². The summed E-state index contributed by atoms with van der Waals surface area (Å²) in [6.07, 6.45) is 0. The fraction of sp³-hybridized carbons (Fsp3) is 0.250. The minimum Gasteiger partial charge on any atom is -0.491 e. The third kappa shape index (κ3) is 1.48. The third-order valence-corrected chi connectivity index (χ3v) is 1.35. The summed E-state index contributed by atoms with van der Waals surface area (Å²) < 4.78 is 30.0. The number of halogens is 2. The predicted molar refractivity (Wildman–Crippen MR) is 37.6 cm³/mol. The quantitative estimate of drug-likeness (QED) is 0.609. The normalized spacial score (nSPS) is 9.82. The Balaban J connectivity index is 3.25. The van der Waals surface area contributed by atoms with Gasteiger partial charge in [-0.25, -0.2) is 8.78 Å². The van der Waals surface area contributed by atoms with Crippen molar-refractivity contribution in [2.24, 2.45) is 0 Å². The van der Waals surface area contributed by atoms with Gasteiger partial charge in [-0.05, 0) is 24.6 Å². The van der Waals surface area contributed by atoms with E-state index in [0.29, 0.717) is 5.56 Å². The minimum absolute atomic E-state index is 0.324. The average Bonchev–Trinajstić information content (AvgIpc) is 1.85. The molecule has 0 saturated heterocycles. The van der Waals surface area contributed by atoms with Crippen LogP contribution in [-0.2, 0) is 0 Å². The Kier molecular flexibility index (Phi) is 2.08. The van der Waals surface area contributed by atoms with Crippen LogP contribution in [0.1, 0.15) is 5.56 Å². The molecule has 0 radical (unpaired) electrons. The molecule has 60 valence electrons. The molecule has 3 heteroatoms. The predicted octanol–water partition coefficient (Wildman–Crippen LogP) is 2.28. The summed E-state index contributed by atoms with van der Waals surface area (Å²) in [6.45, 7) is 1.62. The maximum absolute atomic E-state index is 12.7. The monoisotopic (exact) mass is 158 g/mol. The van der Waals surface area contributed by atoms with Crippen LogP contribution in [0.2, 0.25) is 0 Å². The Bertz CT molecular complexity index is 248. The van der Waals surface area contributed by atoms with Crippen LogP contribution in [-0.4, -0.2) is 7.11 Å². The Labute approximate surface area is 63.6 Å². The summed E-state index contributed by atoms with van der Waals surface area (Å²) in [4.78, 5) is 0. The van der Waals surface area contributed by atoms with Crippen molar-refractivity contribution >= 4 is 0 Å². The molecule has 0 aliphatic carbocycles. The van der Waals surface area contributed by atoms with Crippen LogP contribution in [0.3, 0.4) is 0 Å². The lowest BCUT2D eigenvalue weighted by atomic mass is 10.2. The van der Waals surface area contributed by atoms with E-state index >= 15 is 0 Å². The molecule has 0 fully saturated rings. The molecule has 0 unspecified atom stereocenters. The zero-order chi connectivity index (χ0) is 8.43. The molecular formula is C8H8F2O. The van der Waals surface area contributed by atoms with Gasteiger partial charge in [-0.15, -0.1) is 0 Å². The van der Waals surface area contributed by atoms with Gasteiger partial charge in [-0.2, -0.15) is 0 Å². The summed E-state index contributed by atoms with van der Waals surface area (Å²) in [6, 6.07) is 2.45. The van der Waals surface area contributed by atoms with E-state index in [-0.39, 0.29) is 5.75 Å². The first-order chi connectivity index (χ1) is 5.15. The number of hydrogen-bond donors (Lipinski definition) is 0. The van der Waals surface area contributed by atoms with Crippen LogP contribution in [0, 0.1) is 18.6 Å². The topological polar surface area (TPSA) is 9.23 Å². The fourth-order valence-corrected chi connectivity index (χ4v) is 0.882. The van der Waals surface area contributed by atoms with Gasteiger partial charge < -0.3 is 4.74 Å². The zero-order valence-corrected chi connectivity index (χ0v) is 6.32. The molecule has 0 spiro atoms. The van der Waals surface area contributed by atoms with Gasteiger partial charge in [-0.3, -0.25) is 0 Å². The van der Waals surface area contributed by atoms with Gasteiger partial charge in [0.05, 0.1) is 7.11 Å². The molecule has 1 rings (SSSR count). The molecule has 0 N–H and O–H groups in total. The molecule has 1 nitrogen and oxygen atoms in total. The van der Waals surface area contributed by atoms with Gasteiger partial charge in [0.25, 0.3) is 0 Å². The first-order valence-corrected chi connectivity index (χ1v) is 3.15. The molecule has 0 atom stereocenters. The highest BCUT2D eigenvalue weighted by Crippen LogP contribution is 2.21. The van der Waals surface area contributed by atoms with Crippen molar-refractivity contribution in [1.29, 1.82) is 0 Å². The number of ether oxygens (including phenoxy) is 1. The standard InChI is InChI=1S/C8H8F2O/c1-5-3-6(9)8(11-2)7(10)4-5/h3-4H,1-2H3. The van der Waals surface area contributed by atoms with E-state index in [2.05, 4.69) is 4.74 Å². The van der Waals surface area contributed by atoms with E-state index in [0.717, 1.165) is 0 Å². The summed E-state index contributed by atoms with van der Waals surface area (Å²) >= 11 is 0. The van der Waals surface area contributed by atoms with Crippen molar-refractivity contribution in [2.45, 2.75) is 6.92 Å². The smallest absolute Gasteiger partial charge is 0.190 e. The van der Waals surface area contributed by atoms with Crippen molar-refractivity contribution < 1.29 is 13.5 Å². The maximum atomic E-state index is 12.7. The largest absolute Gasteiger partial charge is 0.491 e. The lowest BCUT2D eigenvalue weighted by molar-refractivity contribution is 0.359. The van der Waals surface area contributed by atoms with Crippen LogP contribution in [0.5, 0.6) is 5.75 Å². The van der Waals surface area contributed by atoms with Crippen LogP contribution < -0.4 is 4.74 Å². The fourth-order valence-electron chi connectivity index (χ4n) is 0.882. The van der Waals surface area contributed by atoms with E-state index in [1.807, 2.05) is 0 Å². The molecule has 1 aromatic rings. The van der Waals surface area contributed by atoms with Crippen LogP contribution >= 0.6 is 0 Å². The first-order valence-electron chi connectivity index (χ1n) is 3.15. The van der Waals surface area contributed by atoms with Gasteiger partial charge in [0.1, 0.15) is 0 Å². The Morgan fingerprint density at radius 3 is 2.00 bits per heavy atom. The second-order valence-electron chi connectivity index (χ2n) is 2.26. The zero-order valence-electron chi connectivity index (χ0n) is 6.32. The molecule has 11 heavy (non-hydrogen) atoms. The van der Waals surface area contributed by atoms with E-state index in [9.17, 15) is 8.78 Å². The minimum atomic E-state index is -0.662. The number of rotatable bonds is 1. The Morgan fingerprint density at radius 1 is 1.18 bits per heavy atom. The highest BCUT2D eigenvalue weighted by atomic mass is 19.1. The molecule has 0 aliphatic rings. The molecule has 1 aromatic carbocycles. The molecule has 0 amide bonds. The summed E-state index contributed by atoms with van der Waals surface area (Å²) in [7, 11) is 1.23. The molecule has 0 aromatic heterocycles. The highest BCUT2D eigenvalue weighted by molar-refractivity contribution is 5.30. The van der Waals surface area contributed by atoms with Gasteiger partial charge in [0, 0.05) is 0 Å². The van der Waals surface area contributed by atoms with E-state index in [1.54, 1.807) is 6.92 Å². The van der Waals surface area contributed by atoms with E-state index in [1.165, 1.54) is 19.2 Å². The summed E-state index contributed by atoms with van der Waals surface area (Å²) in [5, 5.41) is 0. The summed E-state index contributed by atoms with van der Waals surface area (Å²) in [5.74, 6) is -1.65. The lowest BCUT2D eigenvalue weighted by Gasteiger charge is -2.03. The van der Waals surface area contributed by atoms with Crippen molar-refractivity contribution in [1.82, 2.24) is 0 Å². The average molecular weight is 158 g/mol. The van der Waals surface area contributed by atoms with Crippen molar-refractivity contribution in [3.63, 3.8) is 0 Å². The van der Waals surface area contributed by atoms with Crippen LogP contribution in [0.15, 0.2) is 12.1 Å². The van der Waals surface area contributed by atoms with Gasteiger partial charge in [0.2, 0.25) is 0 Å². The maximum Gasteiger partial charge on any atom is 0.190 e. The molecule has 0 aliphatic heterocycles. The van der Waals surface area contributed by atoms with Gasteiger partial charge in [0.15, 0.2) is 17.4 Å². The number of hydrogen-bond acceptors (Lipinski definition) is 1. The van der Waals surface area contributed by atoms with Gasteiger partial charge >= 0.3 is 0 Å². The molecule has 0 heterocycles. The van der Waals surface area contributed by atoms with Crippen molar-refractivity contribution in [3.8, 4) is 5.75 Å².